The maximum Gasteiger partial charge on any atom is 0.303 e. The van der Waals surface area contributed by atoms with Crippen LogP contribution in [0.5, 0.6) is 0 Å². The third-order valence-electron chi connectivity index (χ3n) is 2.49. The molecular weight excluding hydrogens is 198 g/mol. The predicted octanol–water partition coefficient (Wildman–Crippen LogP) is 0.636. The van der Waals surface area contributed by atoms with E-state index in [9.17, 15) is 14.4 Å². The topological polar surface area (TPSA) is 74.7 Å². The van der Waals surface area contributed by atoms with Gasteiger partial charge in [0.25, 0.3) is 0 Å². The minimum atomic E-state index is -0.927. The van der Waals surface area contributed by atoms with Crippen molar-refractivity contribution in [3.05, 3.63) is 0 Å². The van der Waals surface area contributed by atoms with Gasteiger partial charge in [-0.05, 0) is 12.8 Å². The molecule has 1 saturated heterocycles. The lowest BCUT2D eigenvalue weighted by molar-refractivity contribution is -0.139. The van der Waals surface area contributed by atoms with Gasteiger partial charge >= 0.3 is 5.97 Å². The highest BCUT2D eigenvalue weighted by molar-refractivity contribution is 6.03. The van der Waals surface area contributed by atoms with E-state index in [1.54, 1.807) is 0 Å². The maximum absolute atomic E-state index is 11.6. The van der Waals surface area contributed by atoms with E-state index in [-0.39, 0.29) is 31.1 Å². The van der Waals surface area contributed by atoms with Gasteiger partial charge in [0, 0.05) is 25.3 Å². The summed E-state index contributed by atoms with van der Waals surface area (Å²) in [7, 11) is 0. The smallest absolute Gasteiger partial charge is 0.303 e. The van der Waals surface area contributed by atoms with Crippen LogP contribution in [0.1, 0.15) is 32.6 Å². The van der Waals surface area contributed by atoms with Crippen molar-refractivity contribution in [3.63, 3.8) is 0 Å². The fourth-order valence-corrected chi connectivity index (χ4v) is 1.73. The largest absolute Gasteiger partial charge is 0.481 e. The Balaban J connectivity index is 2.53. The van der Waals surface area contributed by atoms with Crippen molar-refractivity contribution in [2.45, 2.75) is 32.6 Å². The first-order valence-corrected chi connectivity index (χ1v) is 5.12. The molecule has 1 rings (SSSR count). The summed E-state index contributed by atoms with van der Waals surface area (Å²) in [4.78, 5) is 34.6. The van der Waals surface area contributed by atoms with Gasteiger partial charge in [0.15, 0.2) is 0 Å². The quantitative estimate of drug-likeness (QED) is 0.680. The Hall–Kier alpha value is -1.39. The molecule has 5 heteroatoms. The fraction of sp³-hybridized carbons (Fsp3) is 0.700. The molecule has 1 N–H and O–H groups in total. The van der Waals surface area contributed by atoms with Gasteiger partial charge in [-0.25, -0.2) is 0 Å². The summed E-state index contributed by atoms with van der Waals surface area (Å²) in [5.74, 6) is -1.72. The van der Waals surface area contributed by atoms with Gasteiger partial charge in [-0.15, -0.1) is 0 Å². The molecule has 1 aliphatic rings. The maximum atomic E-state index is 11.6. The third-order valence-corrected chi connectivity index (χ3v) is 2.49. The van der Waals surface area contributed by atoms with Crippen LogP contribution in [-0.4, -0.2) is 34.3 Å². The molecular formula is C10H15NO4. The van der Waals surface area contributed by atoms with Crippen LogP contribution in [0.2, 0.25) is 0 Å². The molecule has 1 fully saturated rings. The zero-order chi connectivity index (χ0) is 11.4. The van der Waals surface area contributed by atoms with Crippen molar-refractivity contribution in [1.82, 2.24) is 4.90 Å². The van der Waals surface area contributed by atoms with Crippen molar-refractivity contribution >= 4 is 17.8 Å². The van der Waals surface area contributed by atoms with Crippen LogP contribution in [0.4, 0.5) is 0 Å². The summed E-state index contributed by atoms with van der Waals surface area (Å²) >= 11 is 0. The van der Waals surface area contributed by atoms with Crippen LogP contribution < -0.4 is 0 Å². The second-order valence-corrected chi connectivity index (χ2v) is 3.72. The SMILES string of the molecule is CCCN1C(=O)CC(CCC(=O)O)C1=O. The Kier molecular flexibility index (Phi) is 3.82. The van der Waals surface area contributed by atoms with Crippen LogP contribution in [-0.2, 0) is 14.4 Å². The average Bonchev–Trinajstić information content (AvgIpc) is 2.43. The lowest BCUT2D eigenvalue weighted by atomic mass is 10.0. The van der Waals surface area contributed by atoms with Crippen molar-refractivity contribution < 1.29 is 19.5 Å². The van der Waals surface area contributed by atoms with Gasteiger partial charge in [0.1, 0.15) is 0 Å². The molecule has 0 radical (unpaired) electrons. The third kappa shape index (κ3) is 2.78. The molecule has 0 spiro atoms. The number of hydrogen-bond donors (Lipinski definition) is 1. The van der Waals surface area contributed by atoms with Crippen LogP contribution in [0.3, 0.4) is 0 Å². The molecule has 0 bridgehead atoms. The van der Waals surface area contributed by atoms with Crippen molar-refractivity contribution in [1.29, 1.82) is 0 Å². The average molecular weight is 213 g/mol. The van der Waals surface area contributed by atoms with E-state index in [0.29, 0.717) is 6.54 Å². The molecule has 0 aliphatic carbocycles. The molecule has 15 heavy (non-hydrogen) atoms. The van der Waals surface area contributed by atoms with Crippen LogP contribution in [0.15, 0.2) is 0 Å². The Morgan fingerprint density at radius 3 is 2.73 bits per heavy atom. The number of amides is 2. The second kappa shape index (κ2) is 4.91. The summed E-state index contributed by atoms with van der Waals surface area (Å²) in [6.07, 6.45) is 1.12. The van der Waals surface area contributed by atoms with Crippen molar-refractivity contribution in [2.75, 3.05) is 6.54 Å². The molecule has 0 saturated carbocycles. The molecule has 1 aliphatic heterocycles. The Labute approximate surface area is 88.1 Å². The van der Waals surface area contributed by atoms with Gasteiger partial charge < -0.3 is 5.11 Å². The summed E-state index contributed by atoms with van der Waals surface area (Å²) in [6.45, 7) is 2.34. The van der Waals surface area contributed by atoms with Crippen LogP contribution in [0, 0.1) is 5.92 Å². The molecule has 84 valence electrons. The Morgan fingerprint density at radius 2 is 2.20 bits per heavy atom. The second-order valence-electron chi connectivity index (χ2n) is 3.72. The summed E-state index contributed by atoms with van der Waals surface area (Å²) in [6, 6.07) is 0. The molecule has 1 atom stereocenters. The van der Waals surface area contributed by atoms with Gasteiger partial charge in [-0.1, -0.05) is 6.92 Å². The van der Waals surface area contributed by atoms with Crippen LogP contribution in [0.25, 0.3) is 0 Å². The first-order valence-electron chi connectivity index (χ1n) is 5.12. The number of aliphatic carboxylic acids is 1. The molecule has 1 unspecified atom stereocenters. The number of rotatable bonds is 5. The summed E-state index contributed by atoms with van der Waals surface area (Å²) in [5.41, 5.74) is 0. The summed E-state index contributed by atoms with van der Waals surface area (Å²) < 4.78 is 0. The normalized spacial score (nSPS) is 21.1. The highest BCUT2D eigenvalue weighted by atomic mass is 16.4. The van der Waals surface area contributed by atoms with Gasteiger partial charge in [0.2, 0.25) is 11.8 Å². The van der Waals surface area contributed by atoms with Gasteiger partial charge in [-0.2, -0.15) is 0 Å². The standard InChI is InChI=1S/C10H15NO4/c1-2-5-11-8(12)6-7(10(11)15)3-4-9(13)14/h7H,2-6H2,1H3,(H,13,14). The zero-order valence-electron chi connectivity index (χ0n) is 8.73. The predicted molar refractivity (Wildman–Crippen MR) is 52.0 cm³/mol. The Morgan fingerprint density at radius 1 is 1.53 bits per heavy atom. The first kappa shape index (κ1) is 11.7. The van der Waals surface area contributed by atoms with Crippen molar-refractivity contribution in [3.8, 4) is 0 Å². The number of imide groups is 1. The zero-order valence-corrected chi connectivity index (χ0v) is 8.73. The summed E-state index contributed by atoms with van der Waals surface area (Å²) in [5, 5.41) is 8.49. The van der Waals surface area contributed by atoms with E-state index in [4.69, 9.17) is 5.11 Å². The number of carboxylic acids is 1. The van der Waals surface area contributed by atoms with Gasteiger partial charge in [0.05, 0.1) is 0 Å². The highest BCUT2D eigenvalue weighted by Crippen LogP contribution is 2.23. The van der Waals surface area contributed by atoms with E-state index in [1.807, 2.05) is 6.92 Å². The van der Waals surface area contributed by atoms with E-state index in [2.05, 4.69) is 0 Å². The highest BCUT2D eigenvalue weighted by Gasteiger charge is 2.37. The van der Waals surface area contributed by atoms with Crippen molar-refractivity contribution in [2.24, 2.45) is 5.92 Å². The molecule has 2 amide bonds. The van der Waals surface area contributed by atoms with E-state index < -0.39 is 11.9 Å². The molecule has 0 aromatic rings. The van der Waals surface area contributed by atoms with E-state index in [0.717, 1.165) is 6.42 Å². The molecule has 1 heterocycles. The number of carbonyl (C=O) groups is 3. The Bertz CT molecular complexity index is 287. The monoisotopic (exact) mass is 213 g/mol. The number of likely N-dealkylation sites (tertiary alicyclic amines) is 1. The lowest BCUT2D eigenvalue weighted by Crippen LogP contribution is -2.31. The minimum absolute atomic E-state index is 0.0519. The molecule has 5 nitrogen and oxygen atoms in total. The first-order chi connectivity index (χ1) is 7.06. The number of carbonyl (C=O) groups excluding carboxylic acids is 2. The molecule has 0 aromatic heterocycles. The lowest BCUT2D eigenvalue weighted by Gasteiger charge is -2.12. The fourth-order valence-electron chi connectivity index (χ4n) is 1.73. The van der Waals surface area contributed by atoms with Crippen LogP contribution >= 0.6 is 0 Å². The van der Waals surface area contributed by atoms with Gasteiger partial charge in [-0.3, -0.25) is 19.3 Å². The number of nitrogens with zero attached hydrogens (tertiary/aromatic N) is 1. The molecule has 0 aromatic carbocycles. The minimum Gasteiger partial charge on any atom is -0.481 e. The van der Waals surface area contributed by atoms with E-state index >= 15 is 0 Å². The van der Waals surface area contributed by atoms with E-state index in [1.165, 1.54) is 4.90 Å². The number of carboxylic acid groups (broad SMARTS) is 1. The number of hydrogen-bond acceptors (Lipinski definition) is 3.